The van der Waals surface area contributed by atoms with Crippen molar-refractivity contribution in [1.29, 1.82) is 0 Å². The van der Waals surface area contributed by atoms with Crippen molar-refractivity contribution in [3.63, 3.8) is 0 Å². The second kappa shape index (κ2) is 5.47. The molecule has 1 rings (SSSR count). The summed E-state index contributed by atoms with van der Waals surface area (Å²) in [5, 5.41) is 1.62. The number of pyridine rings is 1. The first-order valence-corrected chi connectivity index (χ1v) is 4.42. The Hall–Kier alpha value is -1.26. The molecule has 76 valence electrons. The predicted octanol–water partition coefficient (Wildman–Crippen LogP) is 1.15. The highest BCUT2D eigenvalue weighted by molar-refractivity contribution is 5.95. The molecule has 0 N–H and O–H groups in total. The van der Waals surface area contributed by atoms with Gasteiger partial charge in [-0.3, -0.25) is 9.78 Å². The summed E-state index contributed by atoms with van der Waals surface area (Å²) >= 11 is 0. The Kier molecular flexibility index (Phi) is 4.22. The third-order valence-electron chi connectivity index (χ3n) is 1.97. The van der Waals surface area contributed by atoms with E-state index in [1.54, 1.807) is 43.7 Å². The van der Waals surface area contributed by atoms with E-state index in [1.807, 2.05) is 0 Å². The minimum Gasteiger partial charge on any atom is -0.303 e. The third kappa shape index (κ3) is 3.24. The van der Waals surface area contributed by atoms with E-state index in [4.69, 9.17) is 4.84 Å². The lowest BCUT2D eigenvalue weighted by Crippen LogP contribution is -2.20. The molecule has 4 heteroatoms. The van der Waals surface area contributed by atoms with Gasteiger partial charge in [0.2, 0.25) is 0 Å². The molecule has 0 aliphatic heterocycles. The van der Waals surface area contributed by atoms with Gasteiger partial charge in [0.15, 0.2) is 5.78 Å². The van der Waals surface area contributed by atoms with E-state index < -0.39 is 0 Å². The molecule has 1 aromatic heterocycles. The van der Waals surface area contributed by atoms with Gasteiger partial charge in [0.1, 0.15) is 0 Å². The first kappa shape index (κ1) is 10.8. The Morgan fingerprint density at radius 1 is 1.50 bits per heavy atom. The van der Waals surface area contributed by atoms with Gasteiger partial charge >= 0.3 is 0 Å². The van der Waals surface area contributed by atoms with Crippen LogP contribution in [0, 0.1) is 0 Å². The normalized spacial score (nSPS) is 10.5. The van der Waals surface area contributed by atoms with Crippen molar-refractivity contribution in [2.45, 2.75) is 6.42 Å². The third-order valence-corrected chi connectivity index (χ3v) is 1.97. The Morgan fingerprint density at radius 3 is 2.71 bits per heavy atom. The van der Waals surface area contributed by atoms with Crippen LogP contribution >= 0.6 is 0 Å². The Balaban J connectivity index is 2.44. The average molecular weight is 194 g/mol. The Bertz CT molecular complexity index is 287. The van der Waals surface area contributed by atoms with Gasteiger partial charge in [-0.1, -0.05) is 0 Å². The summed E-state index contributed by atoms with van der Waals surface area (Å²) in [6, 6.07) is 3.43. The molecule has 0 aliphatic rings. The second-order valence-corrected chi connectivity index (χ2v) is 2.94. The van der Waals surface area contributed by atoms with Gasteiger partial charge in [-0.2, -0.15) is 5.06 Å². The summed E-state index contributed by atoms with van der Waals surface area (Å²) in [6.45, 7) is 0.595. The van der Waals surface area contributed by atoms with E-state index >= 15 is 0 Å². The first-order valence-electron chi connectivity index (χ1n) is 4.42. The van der Waals surface area contributed by atoms with Crippen LogP contribution in [0.5, 0.6) is 0 Å². The maximum atomic E-state index is 11.6. The van der Waals surface area contributed by atoms with Crippen LogP contribution in [0.3, 0.4) is 0 Å². The van der Waals surface area contributed by atoms with E-state index in [2.05, 4.69) is 4.98 Å². The maximum absolute atomic E-state index is 11.6. The van der Waals surface area contributed by atoms with Crippen molar-refractivity contribution < 1.29 is 9.63 Å². The SMILES string of the molecule is CON(C)CCC(=O)c1ccncc1. The number of nitrogens with zero attached hydrogens (tertiary/aromatic N) is 2. The second-order valence-electron chi connectivity index (χ2n) is 2.94. The van der Waals surface area contributed by atoms with Gasteiger partial charge in [0, 0.05) is 38.0 Å². The molecule has 0 aromatic carbocycles. The minimum atomic E-state index is 0.108. The van der Waals surface area contributed by atoms with Gasteiger partial charge in [-0.15, -0.1) is 0 Å². The van der Waals surface area contributed by atoms with Crippen LogP contribution in [0.1, 0.15) is 16.8 Å². The predicted molar refractivity (Wildman–Crippen MR) is 52.8 cm³/mol. The molecule has 0 unspecified atom stereocenters. The highest BCUT2D eigenvalue weighted by atomic mass is 16.7. The Labute approximate surface area is 83.5 Å². The zero-order valence-electron chi connectivity index (χ0n) is 8.43. The standard InChI is InChI=1S/C10H14N2O2/c1-12(14-2)8-5-10(13)9-3-6-11-7-4-9/h3-4,6-7H,5,8H2,1-2H3. The number of hydroxylamine groups is 2. The first-order chi connectivity index (χ1) is 6.74. The fraction of sp³-hybridized carbons (Fsp3) is 0.400. The van der Waals surface area contributed by atoms with Crippen LogP contribution < -0.4 is 0 Å². The molecule has 0 fully saturated rings. The molecular formula is C10H14N2O2. The van der Waals surface area contributed by atoms with E-state index in [9.17, 15) is 4.79 Å². The number of rotatable bonds is 5. The van der Waals surface area contributed by atoms with Crippen LogP contribution in [0.4, 0.5) is 0 Å². The smallest absolute Gasteiger partial charge is 0.164 e. The molecule has 0 aliphatic carbocycles. The molecule has 1 aromatic rings. The van der Waals surface area contributed by atoms with Crippen molar-refractivity contribution >= 4 is 5.78 Å². The van der Waals surface area contributed by atoms with E-state index in [1.165, 1.54) is 0 Å². The fourth-order valence-corrected chi connectivity index (χ4v) is 1.03. The van der Waals surface area contributed by atoms with Crippen molar-refractivity contribution in [2.24, 2.45) is 0 Å². The van der Waals surface area contributed by atoms with Crippen LogP contribution in [-0.2, 0) is 4.84 Å². The average Bonchev–Trinajstić information content (AvgIpc) is 2.26. The molecule has 0 saturated heterocycles. The molecule has 14 heavy (non-hydrogen) atoms. The summed E-state index contributed by atoms with van der Waals surface area (Å²) < 4.78 is 0. The summed E-state index contributed by atoms with van der Waals surface area (Å²) in [5.74, 6) is 0.108. The number of carbonyl (C=O) groups is 1. The van der Waals surface area contributed by atoms with Gasteiger partial charge in [0.05, 0.1) is 7.11 Å². The van der Waals surface area contributed by atoms with Crippen LogP contribution in [-0.4, -0.2) is 36.5 Å². The maximum Gasteiger partial charge on any atom is 0.164 e. The van der Waals surface area contributed by atoms with Crippen molar-refractivity contribution in [3.05, 3.63) is 30.1 Å². The molecule has 0 atom stereocenters. The number of hydrogen-bond donors (Lipinski definition) is 0. The van der Waals surface area contributed by atoms with Crippen LogP contribution in [0.15, 0.2) is 24.5 Å². The van der Waals surface area contributed by atoms with Crippen molar-refractivity contribution in [1.82, 2.24) is 10.0 Å². The molecular weight excluding hydrogens is 180 g/mol. The largest absolute Gasteiger partial charge is 0.303 e. The fourth-order valence-electron chi connectivity index (χ4n) is 1.03. The zero-order valence-corrected chi connectivity index (χ0v) is 8.43. The lowest BCUT2D eigenvalue weighted by molar-refractivity contribution is -0.107. The molecule has 0 bridgehead atoms. The van der Waals surface area contributed by atoms with E-state index in [0.717, 1.165) is 0 Å². The van der Waals surface area contributed by atoms with Crippen molar-refractivity contribution in [2.75, 3.05) is 20.7 Å². The van der Waals surface area contributed by atoms with Crippen LogP contribution in [0.2, 0.25) is 0 Å². The zero-order chi connectivity index (χ0) is 10.4. The lowest BCUT2D eigenvalue weighted by Gasteiger charge is -2.11. The van der Waals surface area contributed by atoms with E-state index in [-0.39, 0.29) is 5.78 Å². The number of Topliss-reactive ketones (excluding diaryl/α,β-unsaturated/α-hetero) is 1. The highest BCUT2D eigenvalue weighted by Crippen LogP contribution is 2.01. The molecule has 0 spiro atoms. The topological polar surface area (TPSA) is 42.4 Å². The van der Waals surface area contributed by atoms with Gasteiger partial charge in [-0.25, -0.2) is 0 Å². The quantitative estimate of drug-likeness (QED) is 0.521. The molecule has 4 nitrogen and oxygen atoms in total. The van der Waals surface area contributed by atoms with Crippen LogP contribution in [0.25, 0.3) is 0 Å². The van der Waals surface area contributed by atoms with Crippen molar-refractivity contribution in [3.8, 4) is 0 Å². The summed E-state index contributed by atoms with van der Waals surface area (Å²) in [6.07, 6.45) is 3.69. The minimum absolute atomic E-state index is 0.108. The lowest BCUT2D eigenvalue weighted by atomic mass is 10.1. The Morgan fingerprint density at radius 2 is 2.14 bits per heavy atom. The number of carbonyl (C=O) groups excluding carboxylic acids is 1. The molecule has 1 heterocycles. The highest BCUT2D eigenvalue weighted by Gasteiger charge is 2.06. The molecule has 0 saturated carbocycles. The summed E-state index contributed by atoms with van der Waals surface area (Å²) in [5.41, 5.74) is 0.699. The summed E-state index contributed by atoms with van der Waals surface area (Å²) in [4.78, 5) is 20.3. The van der Waals surface area contributed by atoms with E-state index in [0.29, 0.717) is 18.5 Å². The molecule has 0 radical (unpaired) electrons. The molecule has 0 amide bonds. The van der Waals surface area contributed by atoms with Gasteiger partial charge < -0.3 is 4.84 Å². The number of aromatic nitrogens is 1. The number of ketones is 1. The number of hydrogen-bond acceptors (Lipinski definition) is 4. The van der Waals surface area contributed by atoms with Gasteiger partial charge in [0.25, 0.3) is 0 Å². The van der Waals surface area contributed by atoms with Gasteiger partial charge in [-0.05, 0) is 12.1 Å². The monoisotopic (exact) mass is 194 g/mol. The summed E-state index contributed by atoms with van der Waals surface area (Å²) in [7, 11) is 3.37.